The number of carbonyl (C=O) groups excluding carboxylic acids is 3. The van der Waals surface area contributed by atoms with E-state index in [-0.39, 0.29) is 22.5 Å². The summed E-state index contributed by atoms with van der Waals surface area (Å²) < 4.78 is 10.3. The lowest BCUT2D eigenvalue weighted by Gasteiger charge is -2.37. The van der Waals surface area contributed by atoms with Crippen LogP contribution in [0.4, 0.5) is 5.69 Å². The molecule has 0 aromatic heterocycles. The highest BCUT2D eigenvalue weighted by molar-refractivity contribution is 6.12. The molecule has 1 heterocycles. The van der Waals surface area contributed by atoms with Gasteiger partial charge in [0.05, 0.1) is 19.8 Å². The van der Waals surface area contributed by atoms with Gasteiger partial charge in [-0.15, -0.1) is 0 Å². The van der Waals surface area contributed by atoms with Crippen LogP contribution in [0.3, 0.4) is 0 Å². The number of nitrogens with zero attached hydrogens (tertiary/aromatic N) is 1. The average molecular weight is 474 g/mol. The monoisotopic (exact) mass is 473 g/mol. The number of benzene rings is 2. The zero-order valence-corrected chi connectivity index (χ0v) is 21.1. The Kier molecular flexibility index (Phi) is 6.41. The molecule has 0 spiro atoms. The first-order valence-electron chi connectivity index (χ1n) is 11.7. The molecule has 0 N–H and O–H groups in total. The van der Waals surface area contributed by atoms with Gasteiger partial charge >= 0.3 is 11.9 Å². The predicted molar refractivity (Wildman–Crippen MR) is 134 cm³/mol. The highest BCUT2D eigenvalue weighted by Crippen LogP contribution is 2.49. The third kappa shape index (κ3) is 4.29. The summed E-state index contributed by atoms with van der Waals surface area (Å²) in [6, 6.07) is 15.5. The van der Waals surface area contributed by atoms with Gasteiger partial charge in [0, 0.05) is 29.3 Å². The molecule has 2 aromatic rings. The fourth-order valence-electron chi connectivity index (χ4n) is 4.87. The minimum Gasteiger partial charge on any atom is -0.466 e. The van der Waals surface area contributed by atoms with Gasteiger partial charge in [-0.2, -0.15) is 0 Å². The highest BCUT2D eigenvalue weighted by atomic mass is 16.5. The zero-order valence-electron chi connectivity index (χ0n) is 21.1. The third-order valence-electron chi connectivity index (χ3n) is 6.71. The number of aryl methyl sites for hydroxylation is 1. The van der Waals surface area contributed by atoms with Gasteiger partial charge in [-0.05, 0) is 42.0 Å². The zero-order chi connectivity index (χ0) is 25.5. The van der Waals surface area contributed by atoms with E-state index in [9.17, 15) is 14.4 Å². The molecule has 0 bridgehead atoms. The first-order valence-corrected chi connectivity index (χ1v) is 11.7. The number of ether oxygens (including phenoxy) is 2. The minimum absolute atomic E-state index is 0.0349. The van der Waals surface area contributed by atoms with Crippen LogP contribution in [0, 0.1) is 6.92 Å². The Hall–Kier alpha value is -3.67. The van der Waals surface area contributed by atoms with E-state index in [4.69, 9.17) is 9.47 Å². The smallest absolute Gasteiger partial charge is 0.355 e. The van der Waals surface area contributed by atoms with E-state index < -0.39 is 17.9 Å². The van der Waals surface area contributed by atoms with Crippen molar-refractivity contribution in [1.29, 1.82) is 0 Å². The Morgan fingerprint density at radius 3 is 2.03 bits per heavy atom. The van der Waals surface area contributed by atoms with Crippen molar-refractivity contribution < 1.29 is 23.9 Å². The molecule has 2 aliphatic rings. The second-order valence-electron chi connectivity index (χ2n) is 10.0. The van der Waals surface area contributed by atoms with E-state index in [2.05, 4.69) is 20.8 Å². The van der Waals surface area contributed by atoms with Crippen LogP contribution in [0.1, 0.15) is 56.2 Å². The van der Waals surface area contributed by atoms with Crippen LogP contribution in [0.2, 0.25) is 0 Å². The number of anilines is 1. The van der Waals surface area contributed by atoms with E-state index in [0.29, 0.717) is 24.1 Å². The Morgan fingerprint density at radius 1 is 0.886 bits per heavy atom. The summed E-state index contributed by atoms with van der Waals surface area (Å²) in [6.45, 7) is 8.34. The molecule has 182 valence electrons. The second-order valence-corrected chi connectivity index (χ2v) is 10.0. The lowest BCUT2D eigenvalue weighted by Crippen LogP contribution is -2.37. The van der Waals surface area contributed by atoms with Crippen LogP contribution in [-0.2, 0) is 29.3 Å². The molecule has 6 heteroatoms. The first-order chi connectivity index (χ1) is 16.6. The maximum absolute atomic E-state index is 13.3. The summed E-state index contributed by atoms with van der Waals surface area (Å²) in [5.41, 5.74) is 5.00. The molecule has 6 nitrogen and oxygen atoms in total. The standard InChI is InChI=1S/C29H31NO5/c1-17-7-13-20(14-8-17)30-21-15-16-22(31)24(21)23(18-9-11-19(12-10-18)29(2,3)4)25(27(32)34-5)26(30)28(33)35-6/h7-14,23H,15-16H2,1-6H3. The molecule has 0 amide bonds. The Labute approximate surface area is 206 Å². The molecule has 0 saturated heterocycles. The maximum atomic E-state index is 13.3. The Morgan fingerprint density at radius 2 is 1.49 bits per heavy atom. The van der Waals surface area contributed by atoms with Gasteiger partial charge in [-0.1, -0.05) is 62.7 Å². The van der Waals surface area contributed by atoms with Gasteiger partial charge in [0.15, 0.2) is 5.78 Å². The summed E-state index contributed by atoms with van der Waals surface area (Å²) >= 11 is 0. The fourth-order valence-corrected chi connectivity index (χ4v) is 4.87. The molecule has 0 fully saturated rings. The van der Waals surface area contributed by atoms with Crippen molar-refractivity contribution in [2.75, 3.05) is 19.1 Å². The molecular weight excluding hydrogens is 442 g/mol. The molecule has 4 rings (SSSR count). The molecule has 0 radical (unpaired) electrons. The van der Waals surface area contributed by atoms with Crippen LogP contribution in [0.5, 0.6) is 0 Å². The van der Waals surface area contributed by atoms with Crippen molar-refractivity contribution in [2.24, 2.45) is 0 Å². The molecule has 0 saturated carbocycles. The first kappa shape index (κ1) is 24.5. The molecule has 1 unspecified atom stereocenters. The van der Waals surface area contributed by atoms with Crippen molar-refractivity contribution in [3.05, 3.63) is 87.8 Å². The van der Waals surface area contributed by atoms with Crippen molar-refractivity contribution in [3.8, 4) is 0 Å². The van der Waals surface area contributed by atoms with Gasteiger partial charge in [-0.3, -0.25) is 4.79 Å². The molecule has 1 atom stereocenters. The summed E-state index contributed by atoms with van der Waals surface area (Å²) in [4.78, 5) is 41.5. The van der Waals surface area contributed by atoms with E-state index in [1.165, 1.54) is 14.2 Å². The highest BCUT2D eigenvalue weighted by Gasteiger charge is 2.47. The van der Waals surface area contributed by atoms with Gasteiger partial charge < -0.3 is 14.4 Å². The average Bonchev–Trinajstić information content (AvgIpc) is 3.22. The van der Waals surface area contributed by atoms with Crippen LogP contribution in [-0.4, -0.2) is 31.9 Å². The second kappa shape index (κ2) is 9.17. The third-order valence-corrected chi connectivity index (χ3v) is 6.71. The van der Waals surface area contributed by atoms with Crippen LogP contribution in [0.25, 0.3) is 0 Å². The topological polar surface area (TPSA) is 72.9 Å². The quantitative estimate of drug-likeness (QED) is 0.575. The lowest BCUT2D eigenvalue weighted by molar-refractivity contribution is -0.139. The number of carbonyl (C=O) groups is 3. The lowest BCUT2D eigenvalue weighted by atomic mass is 9.78. The molecule has 1 aliphatic heterocycles. The van der Waals surface area contributed by atoms with Crippen molar-refractivity contribution in [1.82, 2.24) is 0 Å². The largest absolute Gasteiger partial charge is 0.466 e. The number of hydrogen-bond acceptors (Lipinski definition) is 6. The summed E-state index contributed by atoms with van der Waals surface area (Å²) in [7, 11) is 2.56. The Balaban J connectivity index is 2.02. The van der Waals surface area contributed by atoms with Gasteiger partial charge in [-0.25, -0.2) is 9.59 Å². The number of ketones is 1. The summed E-state index contributed by atoms with van der Waals surface area (Å²) in [5, 5.41) is 0. The van der Waals surface area contributed by atoms with Gasteiger partial charge in [0.2, 0.25) is 0 Å². The van der Waals surface area contributed by atoms with Gasteiger partial charge in [0.25, 0.3) is 0 Å². The van der Waals surface area contributed by atoms with E-state index >= 15 is 0 Å². The number of allylic oxidation sites excluding steroid dienone is 2. The number of hydrogen-bond donors (Lipinski definition) is 0. The molecule has 1 aliphatic carbocycles. The van der Waals surface area contributed by atoms with Crippen LogP contribution < -0.4 is 4.90 Å². The predicted octanol–water partition coefficient (Wildman–Crippen LogP) is 5.11. The SMILES string of the molecule is COC(=O)C1=C(C(=O)OC)N(c2ccc(C)cc2)C2=C(C(=O)CC2)C1c1ccc(C(C)(C)C)cc1. The number of esters is 2. The maximum Gasteiger partial charge on any atom is 0.355 e. The molecular formula is C29H31NO5. The van der Waals surface area contributed by atoms with Crippen LogP contribution in [0.15, 0.2) is 71.1 Å². The van der Waals surface area contributed by atoms with E-state index in [1.807, 2.05) is 55.5 Å². The van der Waals surface area contributed by atoms with Gasteiger partial charge in [0.1, 0.15) is 5.70 Å². The number of methoxy groups -OCH3 is 2. The summed E-state index contributed by atoms with van der Waals surface area (Å²) in [5.74, 6) is -2.09. The van der Waals surface area contributed by atoms with E-state index in [1.54, 1.807) is 4.90 Å². The van der Waals surface area contributed by atoms with E-state index in [0.717, 1.165) is 22.4 Å². The Bertz CT molecular complexity index is 1240. The normalized spacial score (nSPS) is 18.1. The van der Waals surface area contributed by atoms with Crippen LogP contribution >= 0.6 is 0 Å². The molecule has 2 aromatic carbocycles. The fraction of sp³-hybridized carbons (Fsp3) is 0.345. The molecule has 35 heavy (non-hydrogen) atoms. The number of rotatable bonds is 4. The number of Topliss-reactive ketones (excluding diaryl/α,β-unsaturated/α-hetero) is 1. The van der Waals surface area contributed by atoms with Crippen molar-refractivity contribution in [2.45, 2.75) is 51.9 Å². The summed E-state index contributed by atoms with van der Waals surface area (Å²) in [6.07, 6.45) is 0.778. The minimum atomic E-state index is -0.725. The van der Waals surface area contributed by atoms with Crippen molar-refractivity contribution >= 4 is 23.4 Å². The van der Waals surface area contributed by atoms with Crippen molar-refractivity contribution in [3.63, 3.8) is 0 Å².